The molecule has 0 spiro atoms. The lowest BCUT2D eigenvalue weighted by molar-refractivity contribution is -0.125. The van der Waals surface area contributed by atoms with Gasteiger partial charge in [-0.25, -0.2) is 0 Å². The van der Waals surface area contributed by atoms with Crippen LogP contribution in [0.4, 0.5) is 0 Å². The van der Waals surface area contributed by atoms with Crippen molar-refractivity contribution in [2.24, 2.45) is 17.3 Å². The molecule has 4 aliphatic rings. The molecule has 110 valence electrons. The average Bonchev–Trinajstić information content (AvgIpc) is 2.84. The first-order valence-corrected chi connectivity index (χ1v) is 8.35. The third-order valence-electron chi connectivity index (χ3n) is 6.31. The van der Waals surface area contributed by atoms with Crippen LogP contribution >= 0.6 is 0 Å². The highest BCUT2D eigenvalue weighted by Gasteiger charge is 2.52. The van der Waals surface area contributed by atoms with Crippen molar-refractivity contribution >= 4 is 11.6 Å². The normalized spacial score (nSPS) is 38.0. The molecule has 21 heavy (non-hydrogen) atoms. The van der Waals surface area contributed by atoms with E-state index in [1.807, 2.05) is 6.08 Å². The van der Waals surface area contributed by atoms with E-state index in [2.05, 4.69) is 19.1 Å². The molecule has 0 aliphatic heterocycles. The Labute approximate surface area is 126 Å². The Morgan fingerprint density at radius 2 is 2.00 bits per heavy atom. The summed E-state index contributed by atoms with van der Waals surface area (Å²) in [5.41, 5.74) is 3.96. The molecule has 0 N–H and O–H groups in total. The molecule has 2 nitrogen and oxygen atoms in total. The fourth-order valence-corrected chi connectivity index (χ4v) is 5.22. The highest BCUT2D eigenvalue weighted by atomic mass is 16.1. The van der Waals surface area contributed by atoms with E-state index in [1.165, 1.54) is 16.7 Å². The van der Waals surface area contributed by atoms with Gasteiger partial charge >= 0.3 is 0 Å². The molecule has 0 radical (unpaired) electrons. The van der Waals surface area contributed by atoms with Gasteiger partial charge in [0.25, 0.3) is 0 Å². The van der Waals surface area contributed by atoms with E-state index >= 15 is 0 Å². The fraction of sp³-hybridized carbons (Fsp3) is 0.579. The summed E-state index contributed by atoms with van der Waals surface area (Å²) < 4.78 is 0. The molecule has 0 bridgehead atoms. The Hall–Kier alpha value is -1.44. The van der Waals surface area contributed by atoms with E-state index in [-0.39, 0.29) is 11.2 Å². The summed E-state index contributed by atoms with van der Waals surface area (Å²) in [5.74, 6) is 1.78. The van der Waals surface area contributed by atoms with Crippen LogP contribution in [0, 0.1) is 17.3 Å². The molecular weight excluding hydrogens is 260 g/mol. The lowest BCUT2D eigenvalue weighted by atomic mass is 9.59. The van der Waals surface area contributed by atoms with Crippen LogP contribution in [0.3, 0.4) is 0 Å². The number of rotatable bonds is 1. The van der Waals surface area contributed by atoms with Crippen molar-refractivity contribution in [2.45, 2.75) is 51.9 Å². The zero-order valence-electron chi connectivity index (χ0n) is 12.7. The van der Waals surface area contributed by atoms with Crippen molar-refractivity contribution in [1.29, 1.82) is 0 Å². The van der Waals surface area contributed by atoms with Gasteiger partial charge in [0.05, 0.1) is 5.41 Å². The first-order valence-electron chi connectivity index (χ1n) is 8.35. The number of carbonyl (C=O) groups is 2. The van der Waals surface area contributed by atoms with Crippen molar-refractivity contribution in [3.63, 3.8) is 0 Å². The number of ketones is 2. The van der Waals surface area contributed by atoms with Crippen molar-refractivity contribution in [2.75, 3.05) is 0 Å². The van der Waals surface area contributed by atoms with Gasteiger partial charge in [0.15, 0.2) is 5.78 Å². The van der Waals surface area contributed by atoms with Crippen LogP contribution in [0.2, 0.25) is 0 Å². The summed E-state index contributed by atoms with van der Waals surface area (Å²) in [7, 11) is 0. The number of hydrogen-bond acceptors (Lipinski definition) is 2. The van der Waals surface area contributed by atoms with Gasteiger partial charge in [-0.1, -0.05) is 19.1 Å². The fourth-order valence-electron chi connectivity index (χ4n) is 5.22. The van der Waals surface area contributed by atoms with Crippen LogP contribution < -0.4 is 0 Å². The van der Waals surface area contributed by atoms with Gasteiger partial charge in [-0.2, -0.15) is 0 Å². The zero-order chi connectivity index (χ0) is 14.6. The van der Waals surface area contributed by atoms with E-state index in [1.54, 1.807) is 0 Å². The maximum absolute atomic E-state index is 12.4. The van der Waals surface area contributed by atoms with Gasteiger partial charge in [-0.3, -0.25) is 9.59 Å². The first-order chi connectivity index (χ1) is 10.2. The standard InChI is InChI=1S/C19H22O2/c1-2-19-10-9-15-14-6-4-13(20)11-12(14)3-5-16(15)17(19)7-8-18(19)21/h9-11,16-17H,2-8H2,1H3/t16-,17+,19-/m1/s1. The summed E-state index contributed by atoms with van der Waals surface area (Å²) in [6, 6.07) is 0. The summed E-state index contributed by atoms with van der Waals surface area (Å²) >= 11 is 0. The molecule has 0 heterocycles. The zero-order valence-corrected chi connectivity index (χ0v) is 12.7. The molecule has 2 heteroatoms. The number of allylic oxidation sites excluding steroid dienone is 6. The molecule has 0 unspecified atom stereocenters. The predicted molar refractivity (Wildman–Crippen MR) is 81.7 cm³/mol. The lowest BCUT2D eigenvalue weighted by Gasteiger charge is -2.44. The van der Waals surface area contributed by atoms with Crippen LogP contribution in [-0.2, 0) is 9.59 Å². The highest BCUT2D eigenvalue weighted by Crippen LogP contribution is 2.57. The predicted octanol–water partition coefficient (Wildman–Crippen LogP) is 3.93. The third kappa shape index (κ3) is 1.71. The Morgan fingerprint density at radius 3 is 2.81 bits per heavy atom. The van der Waals surface area contributed by atoms with E-state index in [4.69, 9.17) is 0 Å². The Balaban J connectivity index is 1.84. The summed E-state index contributed by atoms with van der Waals surface area (Å²) in [6.45, 7) is 2.16. The Kier molecular flexibility index (Phi) is 2.85. The van der Waals surface area contributed by atoms with E-state index < -0.39 is 0 Å². The molecule has 1 fully saturated rings. The van der Waals surface area contributed by atoms with Crippen molar-refractivity contribution in [3.8, 4) is 0 Å². The monoisotopic (exact) mass is 282 g/mol. The molecule has 3 atom stereocenters. The largest absolute Gasteiger partial charge is 0.299 e. The van der Waals surface area contributed by atoms with E-state index in [0.29, 0.717) is 24.0 Å². The van der Waals surface area contributed by atoms with Gasteiger partial charge in [0, 0.05) is 12.8 Å². The minimum absolute atomic E-state index is 0.180. The second-order valence-corrected chi connectivity index (χ2v) is 7.01. The first kappa shape index (κ1) is 13.2. The van der Waals surface area contributed by atoms with Gasteiger partial charge in [-0.15, -0.1) is 0 Å². The maximum Gasteiger partial charge on any atom is 0.156 e. The number of fused-ring (bicyclic) bond motifs is 4. The van der Waals surface area contributed by atoms with Crippen LogP contribution in [0.15, 0.2) is 34.9 Å². The van der Waals surface area contributed by atoms with Crippen molar-refractivity contribution in [1.82, 2.24) is 0 Å². The third-order valence-corrected chi connectivity index (χ3v) is 6.31. The molecule has 0 aromatic carbocycles. The summed E-state index contributed by atoms with van der Waals surface area (Å²) in [6.07, 6.45) is 12.8. The molecule has 0 aromatic heterocycles. The topological polar surface area (TPSA) is 34.1 Å². The molecule has 0 amide bonds. The molecular formula is C19H22O2. The number of carbonyl (C=O) groups excluding carboxylic acids is 2. The molecule has 1 saturated carbocycles. The lowest BCUT2D eigenvalue weighted by Crippen LogP contribution is -2.39. The van der Waals surface area contributed by atoms with Crippen LogP contribution in [0.5, 0.6) is 0 Å². The molecule has 0 saturated heterocycles. The van der Waals surface area contributed by atoms with E-state index in [9.17, 15) is 9.59 Å². The van der Waals surface area contributed by atoms with E-state index in [0.717, 1.165) is 38.5 Å². The molecule has 0 aromatic rings. The van der Waals surface area contributed by atoms with Crippen molar-refractivity contribution < 1.29 is 9.59 Å². The maximum atomic E-state index is 12.4. The highest BCUT2D eigenvalue weighted by molar-refractivity contribution is 5.93. The van der Waals surface area contributed by atoms with Gasteiger partial charge in [0.1, 0.15) is 5.78 Å². The summed E-state index contributed by atoms with van der Waals surface area (Å²) in [5, 5.41) is 0. The van der Waals surface area contributed by atoms with Crippen LogP contribution in [-0.4, -0.2) is 11.6 Å². The second-order valence-electron chi connectivity index (χ2n) is 7.01. The SMILES string of the molecule is CC[C@@]12C=CC3=C4CCC(=O)C=C4CC[C@H]3[C@@H]1CCC2=O. The minimum Gasteiger partial charge on any atom is -0.299 e. The average molecular weight is 282 g/mol. The minimum atomic E-state index is -0.180. The van der Waals surface area contributed by atoms with Crippen LogP contribution in [0.25, 0.3) is 0 Å². The molecule has 4 aliphatic carbocycles. The summed E-state index contributed by atoms with van der Waals surface area (Å²) in [4.78, 5) is 24.1. The molecule has 4 rings (SSSR count). The number of hydrogen-bond donors (Lipinski definition) is 0. The Morgan fingerprint density at radius 1 is 1.14 bits per heavy atom. The Bertz CT molecular complexity index is 619. The van der Waals surface area contributed by atoms with Gasteiger partial charge in [0.2, 0.25) is 0 Å². The smallest absolute Gasteiger partial charge is 0.156 e. The van der Waals surface area contributed by atoms with Crippen LogP contribution in [0.1, 0.15) is 51.9 Å². The number of Topliss-reactive ketones (excluding diaryl/α,β-unsaturated/α-hetero) is 1. The second kappa shape index (κ2) is 4.53. The van der Waals surface area contributed by atoms with Gasteiger partial charge in [-0.05, 0) is 66.7 Å². The quantitative estimate of drug-likeness (QED) is 0.730. The van der Waals surface area contributed by atoms with Crippen molar-refractivity contribution in [3.05, 3.63) is 34.9 Å². The van der Waals surface area contributed by atoms with Gasteiger partial charge < -0.3 is 0 Å².